The van der Waals surface area contributed by atoms with Gasteiger partial charge in [-0.1, -0.05) is 0 Å². The highest BCUT2D eigenvalue weighted by molar-refractivity contribution is 6.99. The number of nitrogens with zero attached hydrogens (tertiary/aromatic N) is 4. The summed E-state index contributed by atoms with van der Waals surface area (Å²) in [5.74, 6) is 1.08. The molecule has 0 aliphatic rings. The molecule has 6 heteroatoms. The first-order valence-electron chi connectivity index (χ1n) is 5.30. The van der Waals surface area contributed by atoms with E-state index in [1.165, 1.54) is 11.7 Å². The maximum atomic E-state index is 4.36. The van der Waals surface area contributed by atoms with Crippen LogP contribution in [0.5, 0.6) is 0 Å². The topological polar surface area (TPSA) is 55.6 Å². The first kappa shape index (κ1) is 11.2. The molecule has 2 heterocycles. The largest absolute Gasteiger partial charge is 0.335 e. The first-order valence-corrected chi connectivity index (χ1v) is 6.03. The summed E-state index contributed by atoms with van der Waals surface area (Å²) in [7, 11) is 1.93. The van der Waals surface area contributed by atoms with E-state index in [1.807, 2.05) is 25.6 Å². The number of aryl methyl sites for hydroxylation is 1. The van der Waals surface area contributed by atoms with Gasteiger partial charge in [-0.15, -0.1) is 0 Å². The molecule has 2 aromatic rings. The fraction of sp³-hybridized carbons (Fsp3) is 0.500. The summed E-state index contributed by atoms with van der Waals surface area (Å²) in [5, 5.41) is 3.24. The van der Waals surface area contributed by atoms with Crippen LogP contribution < -0.4 is 5.32 Å². The van der Waals surface area contributed by atoms with Crippen molar-refractivity contribution < 1.29 is 0 Å². The van der Waals surface area contributed by atoms with Gasteiger partial charge in [0.2, 0.25) is 0 Å². The van der Waals surface area contributed by atoms with Gasteiger partial charge in [0.15, 0.2) is 0 Å². The van der Waals surface area contributed by atoms with Gasteiger partial charge >= 0.3 is 0 Å². The molecule has 2 aromatic heterocycles. The molecule has 0 saturated carbocycles. The number of hydrogen-bond acceptors (Lipinski definition) is 5. The normalized spacial score (nSPS) is 12.9. The Kier molecular flexibility index (Phi) is 3.63. The Bertz CT molecular complexity index is 422. The molecule has 0 saturated heterocycles. The van der Waals surface area contributed by atoms with E-state index in [0.717, 1.165) is 24.5 Å². The third-order valence-corrected chi connectivity index (χ3v) is 3.11. The van der Waals surface area contributed by atoms with Gasteiger partial charge in [-0.05, 0) is 14.0 Å². The third kappa shape index (κ3) is 2.28. The number of rotatable bonds is 5. The molecule has 0 fully saturated rings. The zero-order valence-electron chi connectivity index (χ0n) is 9.42. The summed E-state index contributed by atoms with van der Waals surface area (Å²) in [5.41, 5.74) is 0.984. The molecule has 0 amide bonds. The summed E-state index contributed by atoms with van der Waals surface area (Å²) in [6, 6.07) is 0.187. The lowest BCUT2D eigenvalue weighted by Crippen LogP contribution is -2.21. The van der Waals surface area contributed by atoms with Crippen LogP contribution in [0.1, 0.15) is 24.5 Å². The van der Waals surface area contributed by atoms with Crippen LogP contribution in [0.25, 0.3) is 0 Å². The summed E-state index contributed by atoms with van der Waals surface area (Å²) in [6.07, 6.45) is 6.49. The second-order valence-electron chi connectivity index (χ2n) is 3.51. The van der Waals surface area contributed by atoms with Crippen molar-refractivity contribution in [3.8, 4) is 0 Å². The molecule has 0 spiro atoms. The summed E-state index contributed by atoms with van der Waals surface area (Å²) in [4.78, 5) is 4.36. The lowest BCUT2D eigenvalue weighted by Gasteiger charge is -2.13. The molecular weight excluding hydrogens is 222 g/mol. The van der Waals surface area contributed by atoms with Gasteiger partial charge in [0.05, 0.1) is 29.7 Å². The molecule has 16 heavy (non-hydrogen) atoms. The molecular formula is C10H15N5S. The van der Waals surface area contributed by atoms with Crippen LogP contribution in [-0.2, 0) is 13.0 Å². The maximum absolute atomic E-state index is 4.36. The monoisotopic (exact) mass is 237 g/mol. The van der Waals surface area contributed by atoms with E-state index >= 15 is 0 Å². The van der Waals surface area contributed by atoms with E-state index in [0.29, 0.717) is 0 Å². The lowest BCUT2D eigenvalue weighted by molar-refractivity contribution is 0.544. The minimum atomic E-state index is 0.187. The minimum absolute atomic E-state index is 0.187. The van der Waals surface area contributed by atoms with Gasteiger partial charge in [-0.3, -0.25) is 0 Å². The van der Waals surface area contributed by atoms with Crippen LogP contribution >= 0.6 is 11.7 Å². The van der Waals surface area contributed by atoms with Crippen molar-refractivity contribution >= 4 is 11.7 Å². The molecule has 1 N–H and O–H groups in total. The standard InChI is InChI=1S/C10H15N5S/c1-3-15-5-4-12-10(15)6-8(11-2)9-7-13-16-14-9/h4-5,7-8,11H,3,6H2,1-2H3. The number of hydrogen-bond donors (Lipinski definition) is 1. The van der Waals surface area contributed by atoms with Gasteiger partial charge in [0.1, 0.15) is 5.82 Å². The molecule has 0 aromatic carbocycles. The summed E-state index contributed by atoms with van der Waals surface area (Å²) >= 11 is 1.24. The number of aromatic nitrogens is 4. The quantitative estimate of drug-likeness (QED) is 0.850. The summed E-state index contributed by atoms with van der Waals surface area (Å²) < 4.78 is 10.4. The van der Waals surface area contributed by atoms with Crippen molar-refractivity contribution in [1.82, 2.24) is 23.6 Å². The molecule has 1 unspecified atom stereocenters. The van der Waals surface area contributed by atoms with Crippen molar-refractivity contribution in [3.05, 3.63) is 30.1 Å². The van der Waals surface area contributed by atoms with Crippen LogP contribution in [0.15, 0.2) is 18.6 Å². The molecule has 1 atom stereocenters. The molecule has 2 rings (SSSR count). The van der Waals surface area contributed by atoms with Crippen LogP contribution in [0.3, 0.4) is 0 Å². The molecule has 0 aliphatic carbocycles. The molecule has 0 aliphatic heterocycles. The van der Waals surface area contributed by atoms with Crippen LogP contribution in [0.2, 0.25) is 0 Å². The van der Waals surface area contributed by atoms with E-state index in [9.17, 15) is 0 Å². The van der Waals surface area contributed by atoms with Gasteiger partial charge in [-0.2, -0.15) is 8.75 Å². The third-order valence-electron chi connectivity index (χ3n) is 2.61. The van der Waals surface area contributed by atoms with Crippen molar-refractivity contribution in [2.45, 2.75) is 25.9 Å². The fourth-order valence-corrected chi connectivity index (χ4v) is 2.15. The SMILES string of the molecule is CCn1ccnc1CC(NC)c1cnsn1. The second-order valence-corrected chi connectivity index (χ2v) is 4.06. The average molecular weight is 237 g/mol. The fourth-order valence-electron chi connectivity index (χ4n) is 1.68. The maximum Gasteiger partial charge on any atom is 0.110 e. The molecule has 0 bridgehead atoms. The van der Waals surface area contributed by atoms with Crippen LogP contribution in [0.4, 0.5) is 0 Å². The zero-order valence-corrected chi connectivity index (χ0v) is 10.2. The van der Waals surface area contributed by atoms with Crippen molar-refractivity contribution in [2.75, 3.05) is 7.05 Å². The van der Waals surface area contributed by atoms with E-state index < -0.39 is 0 Å². The van der Waals surface area contributed by atoms with Crippen molar-refractivity contribution in [1.29, 1.82) is 0 Å². The van der Waals surface area contributed by atoms with Crippen LogP contribution in [0, 0.1) is 0 Å². The van der Waals surface area contributed by atoms with E-state index in [2.05, 4.69) is 30.5 Å². The highest BCUT2D eigenvalue weighted by atomic mass is 32.1. The Balaban J connectivity index is 2.13. The van der Waals surface area contributed by atoms with Crippen LogP contribution in [-0.4, -0.2) is 25.3 Å². The molecule has 5 nitrogen and oxygen atoms in total. The van der Waals surface area contributed by atoms with Crippen molar-refractivity contribution in [3.63, 3.8) is 0 Å². The highest BCUT2D eigenvalue weighted by Gasteiger charge is 2.15. The lowest BCUT2D eigenvalue weighted by atomic mass is 10.1. The van der Waals surface area contributed by atoms with E-state index in [1.54, 1.807) is 0 Å². The second kappa shape index (κ2) is 5.18. The Hall–Kier alpha value is -1.27. The Labute approximate surface area is 98.9 Å². The molecule has 86 valence electrons. The van der Waals surface area contributed by atoms with Crippen molar-refractivity contribution in [2.24, 2.45) is 0 Å². The van der Waals surface area contributed by atoms with Gasteiger partial charge in [0, 0.05) is 25.4 Å². The predicted octanol–water partition coefficient (Wildman–Crippen LogP) is 1.26. The Morgan fingerprint density at radius 1 is 1.56 bits per heavy atom. The number of imidazole rings is 1. The van der Waals surface area contributed by atoms with Gasteiger partial charge in [0.25, 0.3) is 0 Å². The van der Waals surface area contributed by atoms with E-state index in [4.69, 9.17) is 0 Å². The van der Waals surface area contributed by atoms with Gasteiger partial charge < -0.3 is 9.88 Å². The average Bonchev–Trinajstić information content (AvgIpc) is 2.96. The first-order chi connectivity index (χ1) is 7.85. The summed E-state index contributed by atoms with van der Waals surface area (Å²) in [6.45, 7) is 3.06. The highest BCUT2D eigenvalue weighted by Crippen LogP contribution is 2.15. The predicted molar refractivity (Wildman–Crippen MR) is 63.3 cm³/mol. The van der Waals surface area contributed by atoms with Gasteiger partial charge in [-0.25, -0.2) is 4.98 Å². The zero-order chi connectivity index (χ0) is 11.4. The Morgan fingerprint density at radius 3 is 3.06 bits per heavy atom. The minimum Gasteiger partial charge on any atom is -0.335 e. The Morgan fingerprint density at radius 2 is 2.44 bits per heavy atom. The number of likely N-dealkylation sites (N-methyl/N-ethyl adjacent to an activating group) is 1. The molecule has 0 radical (unpaired) electrons. The smallest absolute Gasteiger partial charge is 0.110 e. The number of nitrogens with one attached hydrogen (secondary N) is 1. The van der Waals surface area contributed by atoms with E-state index in [-0.39, 0.29) is 6.04 Å².